The van der Waals surface area contributed by atoms with Gasteiger partial charge in [0.15, 0.2) is 0 Å². The molecule has 1 aromatic heterocycles. The number of rotatable bonds is 3. The quantitative estimate of drug-likeness (QED) is 0.831. The molecule has 2 rings (SSSR count). The summed E-state index contributed by atoms with van der Waals surface area (Å²) < 4.78 is 10.8. The molecule has 3 nitrogen and oxygen atoms in total. The van der Waals surface area contributed by atoms with Crippen molar-refractivity contribution >= 4 is 0 Å². The average molecular weight is 209 g/mol. The second-order valence-corrected chi connectivity index (χ2v) is 4.09. The van der Waals surface area contributed by atoms with Gasteiger partial charge in [-0.1, -0.05) is 12.8 Å². The minimum atomic E-state index is 0.401. The van der Waals surface area contributed by atoms with E-state index in [-0.39, 0.29) is 0 Å². The van der Waals surface area contributed by atoms with Crippen LogP contribution in [-0.4, -0.2) is 13.7 Å². The zero-order valence-electron chi connectivity index (χ0n) is 9.29. The molecule has 84 valence electrons. The summed E-state index contributed by atoms with van der Waals surface area (Å²) in [5, 5.41) is 3.52. The van der Waals surface area contributed by atoms with Crippen LogP contribution in [0.4, 0.5) is 0 Å². The molecule has 0 amide bonds. The maximum Gasteiger partial charge on any atom is 0.129 e. The van der Waals surface area contributed by atoms with E-state index in [4.69, 9.17) is 9.15 Å². The van der Waals surface area contributed by atoms with Gasteiger partial charge < -0.3 is 14.5 Å². The van der Waals surface area contributed by atoms with E-state index >= 15 is 0 Å². The van der Waals surface area contributed by atoms with E-state index in [1.165, 1.54) is 25.7 Å². The van der Waals surface area contributed by atoms with Crippen molar-refractivity contribution in [2.24, 2.45) is 0 Å². The van der Waals surface area contributed by atoms with Gasteiger partial charge in [0.25, 0.3) is 0 Å². The van der Waals surface area contributed by atoms with Crippen LogP contribution in [-0.2, 0) is 11.3 Å². The van der Waals surface area contributed by atoms with Crippen LogP contribution >= 0.6 is 0 Å². The number of furan rings is 1. The first-order valence-corrected chi connectivity index (χ1v) is 5.71. The fraction of sp³-hybridized carbons (Fsp3) is 0.667. The standard InChI is InChI=1S/C12H19NO2/c1-14-9-10-6-7-12(15-10)11-5-3-2-4-8-13-11/h6-7,11,13H,2-5,8-9H2,1H3. The van der Waals surface area contributed by atoms with Gasteiger partial charge in [0, 0.05) is 7.11 Å². The summed E-state index contributed by atoms with van der Waals surface area (Å²) in [7, 11) is 1.69. The van der Waals surface area contributed by atoms with Gasteiger partial charge in [-0.2, -0.15) is 0 Å². The van der Waals surface area contributed by atoms with Crippen molar-refractivity contribution < 1.29 is 9.15 Å². The average Bonchev–Trinajstić information content (AvgIpc) is 2.53. The molecule has 1 aromatic rings. The molecule has 0 bridgehead atoms. The molecule has 1 unspecified atom stereocenters. The number of hydrogen-bond acceptors (Lipinski definition) is 3. The first kappa shape index (κ1) is 10.7. The zero-order valence-corrected chi connectivity index (χ0v) is 9.29. The molecule has 2 heterocycles. The Morgan fingerprint density at radius 1 is 1.40 bits per heavy atom. The molecule has 0 saturated carbocycles. The Bertz CT molecular complexity index is 288. The first-order valence-electron chi connectivity index (χ1n) is 5.71. The molecule has 1 atom stereocenters. The topological polar surface area (TPSA) is 34.4 Å². The van der Waals surface area contributed by atoms with Crippen LogP contribution in [0.2, 0.25) is 0 Å². The van der Waals surface area contributed by atoms with Crippen LogP contribution in [0.3, 0.4) is 0 Å². The van der Waals surface area contributed by atoms with Crippen molar-refractivity contribution in [1.29, 1.82) is 0 Å². The molecular formula is C12H19NO2. The molecule has 1 saturated heterocycles. The Labute approximate surface area is 90.8 Å². The fourth-order valence-electron chi connectivity index (χ4n) is 2.07. The number of methoxy groups -OCH3 is 1. The zero-order chi connectivity index (χ0) is 10.5. The first-order chi connectivity index (χ1) is 7.40. The largest absolute Gasteiger partial charge is 0.462 e. The molecule has 1 fully saturated rings. The minimum Gasteiger partial charge on any atom is -0.462 e. The van der Waals surface area contributed by atoms with Crippen molar-refractivity contribution in [3.05, 3.63) is 23.7 Å². The third-order valence-electron chi connectivity index (χ3n) is 2.87. The van der Waals surface area contributed by atoms with Crippen molar-refractivity contribution in [2.75, 3.05) is 13.7 Å². The lowest BCUT2D eigenvalue weighted by molar-refractivity contribution is 0.161. The van der Waals surface area contributed by atoms with Crippen LogP contribution in [0.25, 0.3) is 0 Å². The SMILES string of the molecule is COCc1ccc(C2CCCCCN2)o1. The molecule has 3 heteroatoms. The van der Waals surface area contributed by atoms with Crippen LogP contribution in [0.1, 0.15) is 43.2 Å². The second-order valence-electron chi connectivity index (χ2n) is 4.09. The van der Waals surface area contributed by atoms with Crippen molar-refractivity contribution in [3.63, 3.8) is 0 Å². The highest BCUT2D eigenvalue weighted by molar-refractivity contribution is 5.10. The monoisotopic (exact) mass is 209 g/mol. The third kappa shape index (κ3) is 2.83. The summed E-state index contributed by atoms with van der Waals surface area (Å²) in [6, 6.07) is 4.47. The number of ether oxygens (including phenoxy) is 1. The van der Waals surface area contributed by atoms with E-state index < -0.39 is 0 Å². The van der Waals surface area contributed by atoms with Gasteiger partial charge in [-0.25, -0.2) is 0 Å². The van der Waals surface area contributed by atoms with Gasteiger partial charge in [0.2, 0.25) is 0 Å². The highest BCUT2D eigenvalue weighted by Gasteiger charge is 2.16. The molecule has 1 aliphatic heterocycles. The summed E-state index contributed by atoms with van der Waals surface area (Å²) in [6.07, 6.45) is 5.08. The number of nitrogens with one attached hydrogen (secondary N) is 1. The Balaban J connectivity index is 2.00. The van der Waals surface area contributed by atoms with Crippen LogP contribution in [0, 0.1) is 0 Å². The van der Waals surface area contributed by atoms with Crippen LogP contribution in [0.15, 0.2) is 16.5 Å². The van der Waals surface area contributed by atoms with Gasteiger partial charge in [-0.15, -0.1) is 0 Å². The molecule has 0 radical (unpaired) electrons. The Morgan fingerprint density at radius 2 is 2.33 bits per heavy atom. The van der Waals surface area contributed by atoms with Gasteiger partial charge >= 0.3 is 0 Å². The second kappa shape index (κ2) is 5.33. The predicted octanol–water partition coefficient (Wildman–Crippen LogP) is 2.63. The highest BCUT2D eigenvalue weighted by Crippen LogP contribution is 2.24. The van der Waals surface area contributed by atoms with E-state index in [9.17, 15) is 0 Å². The van der Waals surface area contributed by atoms with E-state index in [0.717, 1.165) is 18.1 Å². The third-order valence-corrected chi connectivity index (χ3v) is 2.87. The summed E-state index contributed by atoms with van der Waals surface area (Å²) in [5.74, 6) is 1.97. The van der Waals surface area contributed by atoms with Crippen molar-refractivity contribution in [2.45, 2.75) is 38.3 Å². The molecule has 0 aromatic carbocycles. The van der Waals surface area contributed by atoms with Crippen molar-refractivity contribution in [1.82, 2.24) is 5.32 Å². The van der Waals surface area contributed by atoms with E-state index in [0.29, 0.717) is 12.6 Å². The Kier molecular flexibility index (Phi) is 3.80. The van der Waals surface area contributed by atoms with Gasteiger partial charge in [-0.3, -0.25) is 0 Å². The van der Waals surface area contributed by atoms with E-state index in [2.05, 4.69) is 11.4 Å². The van der Waals surface area contributed by atoms with E-state index in [1.54, 1.807) is 7.11 Å². The van der Waals surface area contributed by atoms with Crippen molar-refractivity contribution in [3.8, 4) is 0 Å². The molecule has 0 spiro atoms. The Hall–Kier alpha value is -0.800. The van der Waals surface area contributed by atoms with E-state index in [1.807, 2.05) is 6.07 Å². The van der Waals surface area contributed by atoms with Gasteiger partial charge in [-0.05, 0) is 31.5 Å². The van der Waals surface area contributed by atoms with Crippen LogP contribution in [0.5, 0.6) is 0 Å². The fourth-order valence-corrected chi connectivity index (χ4v) is 2.07. The summed E-state index contributed by atoms with van der Waals surface area (Å²) >= 11 is 0. The molecule has 0 aliphatic carbocycles. The maximum absolute atomic E-state index is 5.73. The summed E-state index contributed by atoms with van der Waals surface area (Å²) in [5.41, 5.74) is 0. The highest BCUT2D eigenvalue weighted by atomic mass is 16.5. The lowest BCUT2D eigenvalue weighted by Crippen LogP contribution is -2.19. The van der Waals surface area contributed by atoms with Gasteiger partial charge in [0.1, 0.15) is 18.1 Å². The molecule has 15 heavy (non-hydrogen) atoms. The molecular weight excluding hydrogens is 190 g/mol. The maximum atomic E-state index is 5.73. The summed E-state index contributed by atoms with van der Waals surface area (Å²) in [4.78, 5) is 0. The van der Waals surface area contributed by atoms with Crippen LogP contribution < -0.4 is 5.32 Å². The number of hydrogen-bond donors (Lipinski definition) is 1. The lowest BCUT2D eigenvalue weighted by atomic mass is 10.1. The molecule has 1 N–H and O–H groups in total. The summed E-state index contributed by atoms with van der Waals surface area (Å²) in [6.45, 7) is 1.66. The lowest BCUT2D eigenvalue weighted by Gasteiger charge is -2.12. The molecule has 1 aliphatic rings. The van der Waals surface area contributed by atoms with Gasteiger partial charge in [0.05, 0.1) is 6.04 Å². The Morgan fingerprint density at radius 3 is 3.20 bits per heavy atom. The minimum absolute atomic E-state index is 0.401. The predicted molar refractivity (Wildman–Crippen MR) is 58.6 cm³/mol. The smallest absolute Gasteiger partial charge is 0.129 e. The normalized spacial score (nSPS) is 22.6.